The Labute approximate surface area is 115 Å². The first-order valence-electron chi connectivity index (χ1n) is 6.74. The quantitative estimate of drug-likeness (QED) is 0.293. The molecule has 0 aromatic carbocycles. The Kier molecular flexibility index (Phi) is 10.7. The molecule has 0 aliphatic heterocycles. The van der Waals surface area contributed by atoms with Crippen LogP contribution in [0.5, 0.6) is 0 Å². The lowest BCUT2D eigenvalue weighted by Crippen LogP contribution is -2.39. The fraction of sp³-hybridized carbons (Fsp3) is 1.00. The number of ether oxygens (including phenoxy) is 3. The SMILES string of the molecule is COCCCC(CCCOC)(CCCOC)[N+](=O)[O-]. The van der Waals surface area contributed by atoms with Gasteiger partial charge >= 0.3 is 0 Å². The normalized spacial score (nSPS) is 11.7. The van der Waals surface area contributed by atoms with Crippen LogP contribution in [0.25, 0.3) is 0 Å². The van der Waals surface area contributed by atoms with E-state index in [4.69, 9.17) is 14.2 Å². The van der Waals surface area contributed by atoms with Gasteiger partial charge in [-0.3, -0.25) is 10.1 Å². The maximum atomic E-state index is 11.5. The summed E-state index contributed by atoms with van der Waals surface area (Å²) in [6, 6.07) is 0. The van der Waals surface area contributed by atoms with Crippen molar-refractivity contribution in [3.63, 3.8) is 0 Å². The minimum absolute atomic E-state index is 0.117. The van der Waals surface area contributed by atoms with Gasteiger partial charge < -0.3 is 14.2 Å². The molecule has 0 aromatic heterocycles. The number of methoxy groups -OCH3 is 3. The molecule has 0 N–H and O–H groups in total. The molecule has 6 nitrogen and oxygen atoms in total. The standard InChI is InChI=1S/C13H27NO5/c1-17-10-4-7-13(14(15)16,8-5-11-18-2)9-6-12-19-3/h4-12H2,1-3H3. The Morgan fingerprint density at radius 3 is 1.37 bits per heavy atom. The van der Waals surface area contributed by atoms with Crippen LogP contribution in [0.4, 0.5) is 0 Å². The monoisotopic (exact) mass is 277 g/mol. The Balaban J connectivity index is 4.53. The van der Waals surface area contributed by atoms with Gasteiger partial charge in [-0.15, -0.1) is 0 Å². The summed E-state index contributed by atoms with van der Waals surface area (Å²) in [5.41, 5.74) is -0.865. The Bertz CT molecular complexity index is 209. The number of hydrogen-bond acceptors (Lipinski definition) is 5. The number of rotatable bonds is 13. The van der Waals surface area contributed by atoms with Crippen LogP contribution >= 0.6 is 0 Å². The molecule has 0 aromatic rings. The average molecular weight is 277 g/mol. The van der Waals surface area contributed by atoms with E-state index < -0.39 is 5.54 Å². The van der Waals surface area contributed by atoms with Crippen LogP contribution in [0.1, 0.15) is 38.5 Å². The minimum Gasteiger partial charge on any atom is -0.385 e. The van der Waals surface area contributed by atoms with Gasteiger partial charge in [0, 0.05) is 65.3 Å². The highest BCUT2D eigenvalue weighted by molar-refractivity contribution is 4.79. The van der Waals surface area contributed by atoms with E-state index in [0.29, 0.717) is 58.3 Å². The first kappa shape index (κ1) is 18.3. The molecule has 0 heterocycles. The molecule has 0 rings (SSSR count). The second kappa shape index (κ2) is 11.1. The summed E-state index contributed by atoms with van der Waals surface area (Å²) in [6.07, 6.45) is 3.75. The van der Waals surface area contributed by atoms with Gasteiger partial charge in [0.15, 0.2) is 0 Å². The molecular weight excluding hydrogens is 250 g/mol. The van der Waals surface area contributed by atoms with Crippen LogP contribution in [0.2, 0.25) is 0 Å². The molecule has 114 valence electrons. The van der Waals surface area contributed by atoms with Crippen molar-refractivity contribution >= 4 is 0 Å². The summed E-state index contributed by atoms with van der Waals surface area (Å²) in [7, 11) is 4.84. The molecule has 0 unspecified atom stereocenters. The summed E-state index contributed by atoms with van der Waals surface area (Å²) in [6.45, 7) is 1.68. The largest absolute Gasteiger partial charge is 0.385 e. The molecule has 0 aliphatic carbocycles. The van der Waals surface area contributed by atoms with Crippen LogP contribution in [0.15, 0.2) is 0 Å². The third-order valence-electron chi connectivity index (χ3n) is 3.36. The molecule has 0 amide bonds. The highest BCUT2D eigenvalue weighted by atomic mass is 16.6. The first-order chi connectivity index (χ1) is 9.13. The van der Waals surface area contributed by atoms with Gasteiger partial charge in [-0.05, 0) is 19.3 Å². The van der Waals surface area contributed by atoms with Gasteiger partial charge in [0.25, 0.3) is 0 Å². The lowest BCUT2D eigenvalue weighted by atomic mass is 9.84. The fourth-order valence-corrected chi connectivity index (χ4v) is 2.29. The van der Waals surface area contributed by atoms with E-state index in [1.54, 1.807) is 21.3 Å². The average Bonchev–Trinajstić information content (AvgIpc) is 2.38. The Morgan fingerprint density at radius 1 is 0.842 bits per heavy atom. The van der Waals surface area contributed by atoms with Crippen LogP contribution in [0, 0.1) is 10.1 Å². The molecule has 6 heteroatoms. The third-order valence-corrected chi connectivity index (χ3v) is 3.36. The smallest absolute Gasteiger partial charge is 0.222 e. The second-order valence-electron chi connectivity index (χ2n) is 4.77. The number of nitrogens with zero attached hydrogens (tertiary/aromatic N) is 1. The summed E-state index contributed by atoms with van der Waals surface area (Å²) in [5, 5.41) is 11.5. The Hall–Kier alpha value is -0.720. The van der Waals surface area contributed by atoms with Gasteiger partial charge in [-0.25, -0.2) is 0 Å². The summed E-state index contributed by atoms with van der Waals surface area (Å²) < 4.78 is 15.0. The fourth-order valence-electron chi connectivity index (χ4n) is 2.29. The van der Waals surface area contributed by atoms with E-state index in [2.05, 4.69) is 0 Å². The van der Waals surface area contributed by atoms with Crippen LogP contribution in [-0.2, 0) is 14.2 Å². The number of hydrogen-bond donors (Lipinski definition) is 0. The first-order valence-corrected chi connectivity index (χ1v) is 6.74. The molecule has 0 atom stereocenters. The predicted octanol–water partition coefficient (Wildman–Crippen LogP) is 2.28. The lowest BCUT2D eigenvalue weighted by Gasteiger charge is -2.25. The Morgan fingerprint density at radius 2 is 1.16 bits per heavy atom. The van der Waals surface area contributed by atoms with Crippen molar-refractivity contribution in [1.82, 2.24) is 0 Å². The predicted molar refractivity (Wildman–Crippen MR) is 73.1 cm³/mol. The van der Waals surface area contributed by atoms with E-state index >= 15 is 0 Å². The van der Waals surface area contributed by atoms with Crippen molar-refractivity contribution in [2.24, 2.45) is 0 Å². The minimum atomic E-state index is -0.865. The zero-order valence-electron chi connectivity index (χ0n) is 12.4. The van der Waals surface area contributed by atoms with Crippen LogP contribution < -0.4 is 0 Å². The maximum Gasteiger partial charge on any atom is 0.222 e. The molecule has 0 aliphatic rings. The van der Waals surface area contributed by atoms with E-state index in [1.165, 1.54) is 0 Å². The van der Waals surface area contributed by atoms with E-state index in [-0.39, 0.29) is 4.92 Å². The molecule has 0 bridgehead atoms. The molecule has 0 saturated carbocycles. The highest BCUT2D eigenvalue weighted by Gasteiger charge is 2.40. The van der Waals surface area contributed by atoms with E-state index in [0.717, 1.165) is 0 Å². The zero-order chi connectivity index (χ0) is 14.6. The second-order valence-corrected chi connectivity index (χ2v) is 4.77. The molecule has 0 fully saturated rings. The highest BCUT2D eigenvalue weighted by Crippen LogP contribution is 2.29. The van der Waals surface area contributed by atoms with E-state index in [9.17, 15) is 10.1 Å². The van der Waals surface area contributed by atoms with Gasteiger partial charge in [0.2, 0.25) is 5.54 Å². The summed E-state index contributed by atoms with van der Waals surface area (Å²) in [4.78, 5) is 11.4. The molecule has 0 spiro atoms. The third kappa shape index (κ3) is 7.44. The molecule has 0 saturated heterocycles. The van der Waals surface area contributed by atoms with Crippen molar-refractivity contribution in [3.05, 3.63) is 10.1 Å². The van der Waals surface area contributed by atoms with Gasteiger partial charge in [0.1, 0.15) is 0 Å². The van der Waals surface area contributed by atoms with Gasteiger partial charge in [-0.2, -0.15) is 0 Å². The molecule has 19 heavy (non-hydrogen) atoms. The van der Waals surface area contributed by atoms with Gasteiger partial charge in [-0.1, -0.05) is 0 Å². The van der Waals surface area contributed by atoms with Crippen LogP contribution in [0.3, 0.4) is 0 Å². The molecular formula is C13H27NO5. The summed E-state index contributed by atoms with van der Waals surface area (Å²) >= 11 is 0. The van der Waals surface area contributed by atoms with E-state index in [1.807, 2.05) is 0 Å². The maximum absolute atomic E-state index is 11.5. The topological polar surface area (TPSA) is 70.8 Å². The van der Waals surface area contributed by atoms with Gasteiger partial charge in [0.05, 0.1) is 0 Å². The van der Waals surface area contributed by atoms with Crippen molar-refractivity contribution in [1.29, 1.82) is 0 Å². The van der Waals surface area contributed by atoms with Crippen molar-refractivity contribution in [3.8, 4) is 0 Å². The van der Waals surface area contributed by atoms with Crippen molar-refractivity contribution in [2.45, 2.75) is 44.1 Å². The van der Waals surface area contributed by atoms with Crippen molar-refractivity contribution < 1.29 is 19.1 Å². The zero-order valence-corrected chi connectivity index (χ0v) is 12.4. The number of nitro groups is 1. The molecule has 0 radical (unpaired) electrons. The summed E-state index contributed by atoms with van der Waals surface area (Å²) in [5.74, 6) is 0. The van der Waals surface area contributed by atoms with Crippen LogP contribution in [-0.4, -0.2) is 51.6 Å². The van der Waals surface area contributed by atoms with Crippen molar-refractivity contribution in [2.75, 3.05) is 41.2 Å². The lowest BCUT2D eigenvalue weighted by molar-refractivity contribution is -0.574.